The zero-order valence-corrected chi connectivity index (χ0v) is 9.91. The first kappa shape index (κ1) is 12.9. The summed E-state index contributed by atoms with van der Waals surface area (Å²) in [6, 6.07) is 4.69. The van der Waals surface area contributed by atoms with Crippen LogP contribution < -0.4 is 5.73 Å². The highest BCUT2D eigenvalue weighted by molar-refractivity contribution is 6.30. The molecule has 5 heteroatoms. The van der Waals surface area contributed by atoms with Gasteiger partial charge in [0, 0.05) is 22.7 Å². The summed E-state index contributed by atoms with van der Waals surface area (Å²) in [4.78, 5) is 10.4. The van der Waals surface area contributed by atoms with Crippen molar-refractivity contribution < 1.29 is 4.92 Å². The Labute approximate surface area is 99.6 Å². The Hall–Kier alpha value is -1.13. The standard InChI is InChI=1S/C11H15ClN2O2/c1-2-10(13)5-3-8-7-9(12)4-6-11(8)14(15)16/h4,6-7,10H,2-3,5,13H2,1H3. The van der Waals surface area contributed by atoms with Crippen molar-refractivity contribution in [3.8, 4) is 0 Å². The maximum absolute atomic E-state index is 10.8. The molecule has 0 saturated heterocycles. The van der Waals surface area contributed by atoms with Crippen LogP contribution >= 0.6 is 11.6 Å². The van der Waals surface area contributed by atoms with Crippen molar-refractivity contribution in [2.45, 2.75) is 32.2 Å². The van der Waals surface area contributed by atoms with E-state index in [0.29, 0.717) is 17.0 Å². The van der Waals surface area contributed by atoms with E-state index in [1.54, 1.807) is 6.07 Å². The van der Waals surface area contributed by atoms with Crippen LogP contribution in [0.2, 0.25) is 5.02 Å². The predicted octanol–water partition coefficient (Wildman–Crippen LogP) is 2.92. The lowest BCUT2D eigenvalue weighted by Gasteiger charge is -2.08. The summed E-state index contributed by atoms with van der Waals surface area (Å²) < 4.78 is 0. The van der Waals surface area contributed by atoms with E-state index in [2.05, 4.69) is 0 Å². The highest BCUT2D eigenvalue weighted by Gasteiger charge is 2.14. The van der Waals surface area contributed by atoms with Crippen LogP contribution in [0.1, 0.15) is 25.3 Å². The van der Waals surface area contributed by atoms with Gasteiger partial charge in [0.2, 0.25) is 0 Å². The third-order valence-corrected chi connectivity index (χ3v) is 2.78. The molecule has 0 aliphatic heterocycles. The SMILES string of the molecule is CCC(N)CCc1cc(Cl)ccc1[N+](=O)[O-]. The van der Waals surface area contributed by atoms with Crippen LogP contribution in [0, 0.1) is 10.1 Å². The maximum atomic E-state index is 10.8. The van der Waals surface area contributed by atoms with Gasteiger partial charge in [0.05, 0.1) is 4.92 Å². The quantitative estimate of drug-likeness (QED) is 0.638. The Bertz CT molecular complexity index is 382. The monoisotopic (exact) mass is 242 g/mol. The third kappa shape index (κ3) is 3.47. The molecule has 0 aliphatic rings. The topological polar surface area (TPSA) is 69.2 Å². The molecule has 4 nitrogen and oxygen atoms in total. The second kappa shape index (κ2) is 5.82. The summed E-state index contributed by atoms with van der Waals surface area (Å²) in [6.45, 7) is 2.00. The van der Waals surface area contributed by atoms with Gasteiger partial charge in [-0.15, -0.1) is 0 Å². The second-order valence-corrected chi connectivity index (χ2v) is 4.17. The molecular formula is C11H15ClN2O2. The van der Waals surface area contributed by atoms with Gasteiger partial charge in [-0.2, -0.15) is 0 Å². The molecule has 0 aliphatic carbocycles. The molecule has 1 rings (SSSR count). The fourth-order valence-electron chi connectivity index (χ4n) is 1.48. The number of nitro groups is 1. The Morgan fingerprint density at radius 3 is 2.81 bits per heavy atom. The first-order valence-corrected chi connectivity index (χ1v) is 5.60. The smallest absolute Gasteiger partial charge is 0.272 e. The molecule has 1 atom stereocenters. The number of aryl methyl sites for hydroxylation is 1. The zero-order valence-electron chi connectivity index (χ0n) is 9.15. The highest BCUT2D eigenvalue weighted by Crippen LogP contribution is 2.24. The number of halogens is 1. The van der Waals surface area contributed by atoms with E-state index in [9.17, 15) is 10.1 Å². The predicted molar refractivity (Wildman–Crippen MR) is 64.7 cm³/mol. The third-order valence-electron chi connectivity index (χ3n) is 2.55. The summed E-state index contributed by atoms with van der Waals surface area (Å²) in [5.74, 6) is 0. The highest BCUT2D eigenvalue weighted by atomic mass is 35.5. The van der Waals surface area contributed by atoms with E-state index >= 15 is 0 Å². The van der Waals surface area contributed by atoms with Crippen LogP contribution in [0.4, 0.5) is 5.69 Å². The summed E-state index contributed by atoms with van der Waals surface area (Å²) >= 11 is 5.82. The summed E-state index contributed by atoms with van der Waals surface area (Å²) in [5.41, 5.74) is 6.55. The van der Waals surface area contributed by atoms with Crippen molar-refractivity contribution in [1.29, 1.82) is 0 Å². The molecule has 0 heterocycles. The van der Waals surface area contributed by atoms with Gasteiger partial charge in [0.15, 0.2) is 0 Å². The lowest BCUT2D eigenvalue weighted by Crippen LogP contribution is -2.19. The number of rotatable bonds is 5. The van der Waals surface area contributed by atoms with Gasteiger partial charge in [0.25, 0.3) is 5.69 Å². The van der Waals surface area contributed by atoms with E-state index in [0.717, 1.165) is 12.8 Å². The Balaban J connectivity index is 2.84. The van der Waals surface area contributed by atoms with Crippen molar-refractivity contribution in [1.82, 2.24) is 0 Å². The van der Waals surface area contributed by atoms with Crippen LogP contribution in [0.15, 0.2) is 18.2 Å². The summed E-state index contributed by atoms with van der Waals surface area (Å²) in [5, 5.41) is 11.3. The minimum atomic E-state index is -0.386. The van der Waals surface area contributed by atoms with Gasteiger partial charge < -0.3 is 5.73 Å². The zero-order chi connectivity index (χ0) is 12.1. The lowest BCUT2D eigenvalue weighted by molar-refractivity contribution is -0.385. The van der Waals surface area contributed by atoms with Gasteiger partial charge in [0.1, 0.15) is 0 Å². The number of nitro benzene ring substituents is 1. The molecule has 0 radical (unpaired) electrons. The van der Waals surface area contributed by atoms with Crippen LogP contribution in [-0.2, 0) is 6.42 Å². The van der Waals surface area contributed by atoms with Crippen LogP contribution in [0.25, 0.3) is 0 Å². The fraction of sp³-hybridized carbons (Fsp3) is 0.455. The molecule has 2 N–H and O–H groups in total. The molecular weight excluding hydrogens is 228 g/mol. The Morgan fingerprint density at radius 1 is 1.56 bits per heavy atom. The lowest BCUT2D eigenvalue weighted by atomic mass is 10.0. The van der Waals surface area contributed by atoms with E-state index in [1.807, 2.05) is 6.92 Å². The molecule has 1 aromatic rings. The first-order valence-electron chi connectivity index (χ1n) is 5.23. The van der Waals surface area contributed by atoms with E-state index in [-0.39, 0.29) is 16.7 Å². The number of hydrogen-bond acceptors (Lipinski definition) is 3. The minimum Gasteiger partial charge on any atom is -0.328 e. The van der Waals surface area contributed by atoms with E-state index in [4.69, 9.17) is 17.3 Å². The number of hydrogen-bond donors (Lipinski definition) is 1. The van der Waals surface area contributed by atoms with Crippen LogP contribution in [0.5, 0.6) is 0 Å². The van der Waals surface area contributed by atoms with Crippen LogP contribution in [-0.4, -0.2) is 11.0 Å². The molecule has 16 heavy (non-hydrogen) atoms. The van der Waals surface area contributed by atoms with Gasteiger partial charge in [-0.1, -0.05) is 18.5 Å². The van der Waals surface area contributed by atoms with Gasteiger partial charge >= 0.3 is 0 Å². The fourth-order valence-corrected chi connectivity index (χ4v) is 1.67. The molecule has 0 amide bonds. The maximum Gasteiger partial charge on any atom is 0.272 e. The van der Waals surface area contributed by atoms with E-state index < -0.39 is 0 Å². The van der Waals surface area contributed by atoms with Gasteiger partial charge in [-0.05, 0) is 31.4 Å². The second-order valence-electron chi connectivity index (χ2n) is 3.74. The molecule has 0 aromatic heterocycles. The molecule has 1 unspecified atom stereocenters. The summed E-state index contributed by atoms with van der Waals surface area (Å²) in [6.07, 6.45) is 2.19. The summed E-state index contributed by atoms with van der Waals surface area (Å²) in [7, 11) is 0. The van der Waals surface area contributed by atoms with Crippen LogP contribution in [0.3, 0.4) is 0 Å². The van der Waals surface area contributed by atoms with Gasteiger partial charge in [-0.25, -0.2) is 0 Å². The van der Waals surface area contributed by atoms with Crippen molar-refractivity contribution in [2.75, 3.05) is 0 Å². The molecule has 0 fully saturated rings. The molecule has 1 aromatic carbocycles. The van der Waals surface area contributed by atoms with E-state index in [1.165, 1.54) is 12.1 Å². The Morgan fingerprint density at radius 2 is 2.25 bits per heavy atom. The Kier molecular flexibility index (Phi) is 4.71. The molecule has 0 spiro atoms. The molecule has 88 valence electrons. The minimum absolute atomic E-state index is 0.0820. The molecule has 0 saturated carbocycles. The molecule has 0 bridgehead atoms. The number of nitrogens with zero attached hydrogens (tertiary/aromatic N) is 1. The number of nitrogens with two attached hydrogens (primary N) is 1. The normalized spacial score (nSPS) is 12.4. The van der Waals surface area contributed by atoms with Crippen molar-refractivity contribution in [3.05, 3.63) is 38.9 Å². The average molecular weight is 243 g/mol. The van der Waals surface area contributed by atoms with Crippen molar-refractivity contribution in [3.63, 3.8) is 0 Å². The van der Waals surface area contributed by atoms with Gasteiger partial charge in [-0.3, -0.25) is 10.1 Å². The average Bonchev–Trinajstić information content (AvgIpc) is 2.25. The largest absolute Gasteiger partial charge is 0.328 e. The number of benzene rings is 1. The van der Waals surface area contributed by atoms with Crippen molar-refractivity contribution >= 4 is 17.3 Å². The first-order chi connectivity index (χ1) is 7.54. The van der Waals surface area contributed by atoms with Crippen molar-refractivity contribution in [2.24, 2.45) is 5.73 Å².